The third-order valence-electron chi connectivity index (χ3n) is 3.82. The van der Waals surface area contributed by atoms with E-state index in [2.05, 4.69) is 4.98 Å². The van der Waals surface area contributed by atoms with E-state index in [1.165, 1.54) is 11.3 Å². The Labute approximate surface area is 155 Å². The lowest BCUT2D eigenvalue weighted by Gasteiger charge is -2.10. The van der Waals surface area contributed by atoms with E-state index in [-0.39, 0.29) is 4.88 Å². The lowest BCUT2D eigenvalue weighted by atomic mass is 10.1. The molecule has 26 heavy (non-hydrogen) atoms. The average molecular weight is 369 g/mol. The maximum Gasteiger partial charge on any atom is 0.347 e. The number of carbonyl (C=O) groups is 1. The highest BCUT2D eigenvalue weighted by Gasteiger charge is 2.19. The number of ether oxygens (including phenoxy) is 2. The van der Waals surface area contributed by atoms with Gasteiger partial charge < -0.3 is 14.6 Å². The second-order valence-corrected chi connectivity index (χ2v) is 6.56. The van der Waals surface area contributed by atoms with Gasteiger partial charge >= 0.3 is 5.97 Å². The van der Waals surface area contributed by atoms with Crippen molar-refractivity contribution in [3.05, 3.63) is 64.7 Å². The van der Waals surface area contributed by atoms with E-state index in [0.29, 0.717) is 35.2 Å². The zero-order chi connectivity index (χ0) is 18.5. The molecule has 3 rings (SSSR count). The topological polar surface area (TPSA) is 68.7 Å². The quantitative estimate of drug-likeness (QED) is 0.664. The molecule has 2 aromatic carbocycles. The highest BCUT2D eigenvalue weighted by Crippen LogP contribution is 2.35. The Bertz CT molecular complexity index is 905. The number of nitrogens with zero attached hydrogens (tertiary/aromatic N) is 1. The SMILES string of the molecule is CCOc1cc(-c2nc(Cc3ccccc3)c(C(=O)O)s2)ccc1OC. The molecule has 0 atom stereocenters. The Morgan fingerprint density at radius 3 is 2.58 bits per heavy atom. The summed E-state index contributed by atoms with van der Waals surface area (Å²) >= 11 is 1.17. The first-order chi connectivity index (χ1) is 12.6. The fourth-order valence-electron chi connectivity index (χ4n) is 2.63. The summed E-state index contributed by atoms with van der Waals surface area (Å²) in [6.45, 7) is 2.41. The summed E-state index contributed by atoms with van der Waals surface area (Å²) in [5.41, 5.74) is 2.40. The summed E-state index contributed by atoms with van der Waals surface area (Å²) in [6, 6.07) is 15.2. The van der Waals surface area contributed by atoms with Crippen LogP contribution in [-0.2, 0) is 6.42 Å². The van der Waals surface area contributed by atoms with Gasteiger partial charge in [-0.2, -0.15) is 0 Å². The lowest BCUT2D eigenvalue weighted by molar-refractivity contribution is 0.0701. The van der Waals surface area contributed by atoms with Crippen LogP contribution < -0.4 is 9.47 Å². The van der Waals surface area contributed by atoms with Crippen LogP contribution in [-0.4, -0.2) is 29.8 Å². The van der Waals surface area contributed by atoms with Crippen molar-refractivity contribution < 1.29 is 19.4 Å². The summed E-state index contributed by atoms with van der Waals surface area (Å²) in [4.78, 5) is 16.5. The second kappa shape index (κ2) is 8.01. The van der Waals surface area contributed by atoms with Crippen LogP contribution in [0, 0.1) is 0 Å². The lowest BCUT2D eigenvalue weighted by Crippen LogP contribution is -1.99. The van der Waals surface area contributed by atoms with Gasteiger partial charge in [-0.3, -0.25) is 0 Å². The molecule has 3 aromatic rings. The molecule has 0 fully saturated rings. The van der Waals surface area contributed by atoms with Crippen LogP contribution in [0.5, 0.6) is 11.5 Å². The standard InChI is InChI=1S/C20H19NO4S/c1-3-25-17-12-14(9-10-16(17)24-2)19-21-15(18(26-19)20(22)23)11-13-7-5-4-6-8-13/h4-10,12H,3,11H2,1-2H3,(H,22,23). The van der Waals surface area contributed by atoms with Crippen LogP contribution in [0.25, 0.3) is 10.6 Å². The van der Waals surface area contributed by atoms with Crippen molar-refractivity contribution in [3.63, 3.8) is 0 Å². The third kappa shape index (κ3) is 3.86. The van der Waals surface area contributed by atoms with Crippen LogP contribution >= 0.6 is 11.3 Å². The van der Waals surface area contributed by atoms with Gasteiger partial charge in [0.05, 0.1) is 19.4 Å². The van der Waals surface area contributed by atoms with E-state index in [4.69, 9.17) is 9.47 Å². The van der Waals surface area contributed by atoms with E-state index in [9.17, 15) is 9.90 Å². The number of aromatic carboxylic acids is 1. The summed E-state index contributed by atoms with van der Waals surface area (Å²) < 4.78 is 10.9. The second-order valence-electron chi connectivity index (χ2n) is 5.56. The highest BCUT2D eigenvalue weighted by atomic mass is 32.1. The largest absolute Gasteiger partial charge is 0.493 e. The Hall–Kier alpha value is -2.86. The Morgan fingerprint density at radius 2 is 1.92 bits per heavy atom. The molecule has 0 amide bonds. The molecule has 1 heterocycles. The molecule has 5 nitrogen and oxygen atoms in total. The number of hydrogen-bond donors (Lipinski definition) is 1. The highest BCUT2D eigenvalue weighted by molar-refractivity contribution is 7.17. The van der Waals surface area contributed by atoms with Gasteiger partial charge in [-0.15, -0.1) is 11.3 Å². The minimum atomic E-state index is -0.960. The van der Waals surface area contributed by atoms with E-state index in [0.717, 1.165) is 11.1 Å². The third-order valence-corrected chi connectivity index (χ3v) is 4.95. The maximum absolute atomic E-state index is 11.7. The molecular weight excluding hydrogens is 350 g/mol. The molecule has 0 bridgehead atoms. The van der Waals surface area contributed by atoms with Gasteiger partial charge in [0.25, 0.3) is 0 Å². The number of aromatic nitrogens is 1. The Kier molecular flexibility index (Phi) is 5.53. The first kappa shape index (κ1) is 17.9. The molecule has 1 aromatic heterocycles. The van der Waals surface area contributed by atoms with Crippen molar-refractivity contribution in [2.24, 2.45) is 0 Å². The molecule has 0 saturated carbocycles. The zero-order valence-electron chi connectivity index (χ0n) is 14.6. The van der Waals surface area contributed by atoms with Crippen molar-refractivity contribution in [2.75, 3.05) is 13.7 Å². The summed E-state index contributed by atoms with van der Waals surface area (Å²) in [7, 11) is 1.58. The fourth-order valence-corrected chi connectivity index (χ4v) is 3.55. The van der Waals surface area contributed by atoms with Gasteiger partial charge in [0.2, 0.25) is 0 Å². The molecule has 0 aliphatic heterocycles. The predicted molar refractivity (Wildman–Crippen MR) is 101 cm³/mol. The molecular formula is C20H19NO4S. The summed E-state index contributed by atoms with van der Waals surface area (Å²) in [5.74, 6) is 0.289. The normalized spacial score (nSPS) is 10.5. The molecule has 0 aliphatic carbocycles. The smallest absolute Gasteiger partial charge is 0.347 e. The number of rotatable bonds is 7. The Balaban J connectivity index is 1.99. The monoisotopic (exact) mass is 369 g/mol. The minimum Gasteiger partial charge on any atom is -0.493 e. The van der Waals surface area contributed by atoms with Gasteiger partial charge in [-0.1, -0.05) is 30.3 Å². The minimum absolute atomic E-state index is 0.262. The number of methoxy groups -OCH3 is 1. The van der Waals surface area contributed by atoms with Crippen LogP contribution in [0.1, 0.15) is 27.9 Å². The van der Waals surface area contributed by atoms with Crippen LogP contribution in [0.15, 0.2) is 48.5 Å². The first-order valence-electron chi connectivity index (χ1n) is 8.20. The van der Waals surface area contributed by atoms with Crippen molar-refractivity contribution in [1.29, 1.82) is 0 Å². The Morgan fingerprint density at radius 1 is 1.15 bits per heavy atom. The van der Waals surface area contributed by atoms with E-state index < -0.39 is 5.97 Å². The fraction of sp³-hybridized carbons (Fsp3) is 0.200. The molecule has 0 spiro atoms. The maximum atomic E-state index is 11.7. The van der Waals surface area contributed by atoms with Gasteiger partial charge in [0.15, 0.2) is 11.5 Å². The van der Waals surface area contributed by atoms with Crippen molar-refractivity contribution in [2.45, 2.75) is 13.3 Å². The summed E-state index contributed by atoms with van der Waals surface area (Å²) in [6.07, 6.45) is 0.480. The number of carboxylic acids is 1. The van der Waals surface area contributed by atoms with Crippen LogP contribution in [0.4, 0.5) is 0 Å². The molecule has 0 aliphatic rings. The molecule has 6 heteroatoms. The predicted octanol–water partition coefficient (Wildman–Crippen LogP) is 4.51. The van der Waals surface area contributed by atoms with E-state index in [1.807, 2.05) is 49.4 Å². The van der Waals surface area contributed by atoms with Crippen LogP contribution in [0.2, 0.25) is 0 Å². The van der Waals surface area contributed by atoms with Gasteiger partial charge in [-0.25, -0.2) is 9.78 Å². The first-order valence-corrected chi connectivity index (χ1v) is 9.02. The molecule has 0 unspecified atom stereocenters. The van der Waals surface area contributed by atoms with E-state index >= 15 is 0 Å². The summed E-state index contributed by atoms with van der Waals surface area (Å²) in [5, 5.41) is 10.2. The average Bonchev–Trinajstić information content (AvgIpc) is 3.07. The van der Waals surface area contributed by atoms with Crippen molar-refractivity contribution >= 4 is 17.3 Å². The zero-order valence-corrected chi connectivity index (χ0v) is 15.4. The molecule has 134 valence electrons. The van der Waals surface area contributed by atoms with Crippen LogP contribution in [0.3, 0.4) is 0 Å². The number of carboxylic acid groups (broad SMARTS) is 1. The number of benzene rings is 2. The van der Waals surface area contributed by atoms with Gasteiger partial charge in [0, 0.05) is 12.0 Å². The molecule has 1 N–H and O–H groups in total. The van der Waals surface area contributed by atoms with Crippen molar-refractivity contribution in [1.82, 2.24) is 4.98 Å². The van der Waals surface area contributed by atoms with Gasteiger partial charge in [-0.05, 0) is 30.7 Å². The molecule has 0 saturated heterocycles. The van der Waals surface area contributed by atoms with Gasteiger partial charge in [0.1, 0.15) is 9.88 Å². The molecule has 0 radical (unpaired) electrons. The van der Waals surface area contributed by atoms with E-state index in [1.54, 1.807) is 13.2 Å². The number of thiazole rings is 1. The number of hydrogen-bond acceptors (Lipinski definition) is 5. The van der Waals surface area contributed by atoms with Crippen molar-refractivity contribution in [3.8, 4) is 22.1 Å².